The van der Waals surface area contributed by atoms with Crippen LogP contribution < -0.4 is 0 Å². The summed E-state index contributed by atoms with van der Waals surface area (Å²) in [4.78, 5) is 0. The van der Waals surface area contributed by atoms with Gasteiger partial charge in [0, 0.05) is 19.5 Å². The summed E-state index contributed by atoms with van der Waals surface area (Å²) < 4.78 is 11.5. The minimum Gasteiger partial charge on any atom is -0.437 e. The Bertz CT molecular complexity index is 123. The fourth-order valence-electron chi connectivity index (χ4n) is 1.00. The third-order valence-electron chi connectivity index (χ3n) is 0.900. The summed E-state index contributed by atoms with van der Waals surface area (Å²) >= 11 is 0. The van der Waals surface area contributed by atoms with E-state index >= 15 is 0 Å². The van der Waals surface area contributed by atoms with Crippen LogP contribution in [0.15, 0.2) is 0 Å². The van der Waals surface area contributed by atoms with Crippen molar-refractivity contribution in [2.75, 3.05) is 0 Å². The Morgan fingerprint density at radius 2 is 1.38 bits per heavy atom. The molecule has 13 heavy (non-hydrogen) atoms. The summed E-state index contributed by atoms with van der Waals surface area (Å²) in [6.45, 7) is 12.9. The van der Waals surface area contributed by atoms with Gasteiger partial charge >= 0.3 is 8.56 Å². The van der Waals surface area contributed by atoms with Crippen molar-refractivity contribution in [2.45, 2.75) is 39.3 Å². The molecule has 0 saturated carbocycles. The van der Waals surface area contributed by atoms with Crippen molar-refractivity contribution in [3.8, 4) is 0 Å². The van der Waals surface area contributed by atoms with Gasteiger partial charge in [-0.3, -0.25) is 0 Å². The maximum absolute atomic E-state index is 5.93. The molecule has 74 valence electrons. The highest BCUT2D eigenvalue weighted by molar-refractivity contribution is 6.82. The fourth-order valence-corrected chi connectivity index (χ4v) is 9.41. The van der Waals surface area contributed by atoms with E-state index in [4.69, 9.17) is 8.23 Å². The lowest BCUT2D eigenvalue weighted by Crippen LogP contribution is -2.45. The van der Waals surface area contributed by atoms with Crippen LogP contribution in [0.4, 0.5) is 0 Å². The van der Waals surface area contributed by atoms with Gasteiger partial charge in [0.1, 0.15) is 0 Å². The van der Waals surface area contributed by atoms with Crippen molar-refractivity contribution >= 4 is 46.2 Å². The van der Waals surface area contributed by atoms with Gasteiger partial charge in [0.25, 0.3) is 0 Å². The standard InChI is InChI=1S/C6H18O2Si3.Si2/c1-9-7-11(5,6)8-10(2,3)4;1-2/h1-6H3;. The molecular formula is C6H18O2Si5. The highest BCUT2D eigenvalue weighted by atomic mass is 29.1. The van der Waals surface area contributed by atoms with E-state index in [0.717, 1.165) is 0 Å². The second-order valence-corrected chi connectivity index (χ2v) is 13.0. The zero-order chi connectivity index (χ0) is 11.1. The molecule has 0 saturated heterocycles. The van der Waals surface area contributed by atoms with Gasteiger partial charge in [-0.15, -0.1) is 0 Å². The molecule has 0 amide bonds. The molecule has 0 aromatic carbocycles. The summed E-state index contributed by atoms with van der Waals surface area (Å²) in [5, 5.41) is 0. The van der Waals surface area contributed by atoms with Crippen LogP contribution in [0.5, 0.6) is 0 Å². The molecule has 0 N–H and O–H groups in total. The lowest BCUT2D eigenvalue weighted by molar-refractivity contribution is 0.412. The van der Waals surface area contributed by atoms with Crippen LogP contribution in [0.25, 0.3) is 0 Å². The van der Waals surface area contributed by atoms with Crippen LogP contribution in [0.1, 0.15) is 0 Å². The first kappa shape index (κ1) is 16.4. The van der Waals surface area contributed by atoms with Gasteiger partial charge in [-0.05, 0) is 39.3 Å². The van der Waals surface area contributed by atoms with Crippen LogP contribution in [-0.2, 0) is 8.23 Å². The molecule has 0 aromatic heterocycles. The average molecular weight is 263 g/mol. The summed E-state index contributed by atoms with van der Waals surface area (Å²) in [6.07, 6.45) is 0. The SMILES string of the molecule is C[Si]O[Si](C)(C)O[Si](C)(C)C.[Si][Si]. The zero-order valence-electron chi connectivity index (χ0n) is 9.32. The molecule has 8 radical (unpaired) electrons. The third kappa shape index (κ3) is 13.0. The summed E-state index contributed by atoms with van der Waals surface area (Å²) in [5.41, 5.74) is 0. The highest BCUT2D eigenvalue weighted by Crippen LogP contribution is 2.14. The molecule has 0 aliphatic heterocycles. The second-order valence-electron chi connectivity index (χ2n) is 3.92. The van der Waals surface area contributed by atoms with Gasteiger partial charge < -0.3 is 8.23 Å². The highest BCUT2D eigenvalue weighted by Gasteiger charge is 2.30. The monoisotopic (exact) mass is 262 g/mol. The molecule has 7 heteroatoms. The van der Waals surface area contributed by atoms with Gasteiger partial charge in [-0.1, -0.05) is 0 Å². The Morgan fingerprint density at radius 1 is 1.00 bits per heavy atom. The van der Waals surface area contributed by atoms with Crippen LogP contribution in [0, 0.1) is 0 Å². The summed E-state index contributed by atoms with van der Waals surface area (Å²) in [5.74, 6) is 0. The Labute approximate surface area is 93.8 Å². The molecule has 2 nitrogen and oxygen atoms in total. The molecule has 0 rings (SSSR count). The molecule has 0 heterocycles. The summed E-state index contributed by atoms with van der Waals surface area (Å²) in [7, 11) is 2.96. The Kier molecular flexibility index (Phi) is 9.25. The predicted octanol–water partition coefficient (Wildman–Crippen LogP) is 1.46. The fraction of sp³-hybridized carbons (Fsp3) is 1.00. The third-order valence-corrected chi connectivity index (χ3v) is 8.10. The van der Waals surface area contributed by atoms with Crippen molar-refractivity contribution in [2.24, 2.45) is 0 Å². The van der Waals surface area contributed by atoms with E-state index < -0.39 is 16.9 Å². The molecule has 0 bridgehead atoms. The van der Waals surface area contributed by atoms with Crippen LogP contribution in [0.3, 0.4) is 0 Å². The molecule has 0 aromatic rings. The van der Waals surface area contributed by atoms with E-state index in [1.807, 2.05) is 6.55 Å². The Morgan fingerprint density at radius 3 is 1.62 bits per heavy atom. The Hall–Kier alpha value is 1.00. The van der Waals surface area contributed by atoms with E-state index in [9.17, 15) is 0 Å². The average Bonchev–Trinajstić information content (AvgIpc) is 1.85. The van der Waals surface area contributed by atoms with Crippen molar-refractivity contribution in [3.05, 3.63) is 0 Å². The number of rotatable bonds is 4. The van der Waals surface area contributed by atoms with E-state index in [0.29, 0.717) is 9.76 Å². The minimum absolute atomic E-state index is 0.554. The molecule has 0 aliphatic rings. The quantitative estimate of drug-likeness (QED) is 0.714. The van der Waals surface area contributed by atoms with Gasteiger partial charge in [-0.2, -0.15) is 0 Å². The molecule has 0 atom stereocenters. The normalized spacial score (nSPS) is 12.0. The van der Waals surface area contributed by atoms with Crippen LogP contribution in [-0.4, -0.2) is 46.2 Å². The zero-order valence-corrected chi connectivity index (χ0v) is 14.3. The molecule has 0 fully saturated rings. The number of hydrogen-bond donors (Lipinski definition) is 0. The van der Waals surface area contributed by atoms with Gasteiger partial charge in [0.05, 0.1) is 0 Å². The maximum atomic E-state index is 5.93. The topological polar surface area (TPSA) is 18.5 Å². The molecule has 0 unspecified atom stereocenters. The second kappa shape index (κ2) is 7.32. The van der Waals surface area contributed by atoms with Crippen LogP contribution in [0.2, 0.25) is 39.3 Å². The van der Waals surface area contributed by atoms with Crippen molar-refractivity contribution in [3.63, 3.8) is 0 Å². The van der Waals surface area contributed by atoms with Gasteiger partial charge in [0.2, 0.25) is 9.76 Å². The van der Waals surface area contributed by atoms with E-state index in [1.165, 1.54) is 0 Å². The minimum atomic E-state index is -1.76. The smallest absolute Gasteiger partial charge is 0.310 e. The van der Waals surface area contributed by atoms with Crippen LogP contribution >= 0.6 is 0 Å². The van der Waals surface area contributed by atoms with E-state index in [2.05, 4.69) is 52.3 Å². The predicted molar refractivity (Wildman–Crippen MR) is 66.1 cm³/mol. The van der Waals surface area contributed by atoms with Crippen molar-refractivity contribution in [1.29, 1.82) is 0 Å². The Balaban J connectivity index is 0. The first-order chi connectivity index (χ1) is 5.77. The first-order valence-corrected chi connectivity index (χ1v) is 13.7. The lowest BCUT2D eigenvalue weighted by Gasteiger charge is -2.30. The number of hydrogen-bond acceptors (Lipinski definition) is 2. The van der Waals surface area contributed by atoms with E-state index in [-0.39, 0.29) is 0 Å². The first-order valence-electron chi connectivity index (χ1n) is 4.07. The molecule has 0 spiro atoms. The largest absolute Gasteiger partial charge is 0.437 e. The lowest BCUT2D eigenvalue weighted by atomic mass is 11.8. The maximum Gasteiger partial charge on any atom is 0.310 e. The summed E-state index contributed by atoms with van der Waals surface area (Å²) in [6, 6.07) is 0. The van der Waals surface area contributed by atoms with Gasteiger partial charge in [-0.25, -0.2) is 0 Å². The van der Waals surface area contributed by atoms with Gasteiger partial charge in [0.15, 0.2) is 8.32 Å². The molecule has 0 aliphatic carbocycles. The van der Waals surface area contributed by atoms with Crippen molar-refractivity contribution in [1.82, 2.24) is 0 Å². The van der Waals surface area contributed by atoms with Crippen molar-refractivity contribution < 1.29 is 8.23 Å². The van der Waals surface area contributed by atoms with E-state index in [1.54, 1.807) is 0 Å². The molecular weight excluding hydrogens is 244 g/mol.